The standard InChI is InChI=1S/C24H30N4O2/c1-27(20-5-3-2-4-6-20)21-11-7-18(8-12-21)17-26-23(29)19-9-13-22(14-10-19)28-16-15-25-24(28)30/h7-14,20H,2-6,15-17H2,1H3,(H,25,30)(H,26,29). The molecular weight excluding hydrogens is 376 g/mol. The van der Waals surface area contributed by atoms with E-state index in [1.54, 1.807) is 17.0 Å². The molecule has 0 spiro atoms. The summed E-state index contributed by atoms with van der Waals surface area (Å²) in [4.78, 5) is 28.3. The lowest BCUT2D eigenvalue weighted by atomic mass is 9.94. The number of hydrogen-bond donors (Lipinski definition) is 2. The van der Waals surface area contributed by atoms with Crippen LogP contribution >= 0.6 is 0 Å². The van der Waals surface area contributed by atoms with E-state index in [0.717, 1.165) is 11.3 Å². The highest BCUT2D eigenvalue weighted by atomic mass is 16.2. The Hall–Kier alpha value is -3.02. The minimum absolute atomic E-state index is 0.0928. The lowest BCUT2D eigenvalue weighted by Gasteiger charge is -2.33. The molecule has 1 aliphatic heterocycles. The van der Waals surface area contributed by atoms with E-state index in [4.69, 9.17) is 0 Å². The van der Waals surface area contributed by atoms with Crippen molar-refractivity contribution in [1.82, 2.24) is 10.6 Å². The van der Waals surface area contributed by atoms with Crippen molar-refractivity contribution < 1.29 is 9.59 Å². The Morgan fingerprint density at radius 1 is 1.07 bits per heavy atom. The zero-order chi connectivity index (χ0) is 20.9. The first-order valence-corrected chi connectivity index (χ1v) is 10.9. The van der Waals surface area contributed by atoms with Crippen LogP contribution in [0.5, 0.6) is 0 Å². The van der Waals surface area contributed by atoms with Crippen LogP contribution in [0.1, 0.15) is 48.0 Å². The third-order valence-electron chi connectivity index (χ3n) is 6.22. The smallest absolute Gasteiger partial charge is 0.321 e. The molecule has 158 valence electrons. The van der Waals surface area contributed by atoms with Gasteiger partial charge in [-0.1, -0.05) is 31.4 Å². The van der Waals surface area contributed by atoms with Gasteiger partial charge in [-0.25, -0.2) is 4.79 Å². The first-order chi connectivity index (χ1) is 14.6. The highest BCUT2D eigenvalue weighted by molar-refractivity contribution is 5.97. The molecule has 2 aliphatic rings. The van der Waals surface area contributed by atoms with Crippen molar-refractivity contribution in [1.29, 1.82) is 0 Å². The summed E-state index contributed by atoms with van der Waals surface area (Å²) in [5.41, 5.74) is 3.71. The molecular formula is C24H30N4O2. The Kier molecular flexibility index (Phi) is 6.21. The summed E-state index contributed by atoms with van der Waals surface area (Å²) in [6.45, 7) is 1.79. The SMILES string of the molecule is CN(c1ccc(CNC(=O)c2ccc(N3CCNC3=O)cc2)cc1)C1CCCCC1. The molecule has 3 amide bonds. The van der Waals surface area contributed by atoms with Crippen LogP contribution in [-0.2, 0) is 6.54 Å². The van der Waals surface area contributed by atoms with Crippen LogP contribution in [0.15, 0.2) is 48.5 Å². The molecule has 2 aromatic rings. The molecule has 0 unspecified atom stereocenters. The Balaban J connectivity index is 1.30. The molecule has 4 rings (SSSR count). The molecule has 2 N–H and O–H groups in total. The van der Waals surface area contributed by atoms with Crippen molar-refractivity contribution in [2.24, 2.45) is 0 Å². The lowest BCUT2D eigenvalue weighted by molar-refractivity contribution is 0.0951. The molecule has 1 heterocycles. The van der Waals surface area contributed by atoms with Gasteiger partial charge in [-0.05, 0) is 54.8 Å². The van der Waals surface area contributed by atoms with E-state index in [-0.39, 0.29) is 11.9 Å². The maximum absolute atomic E-state index is 12.5. The summed E-state index contributed by atoms with van der Waals surface area (Å²) >= 11 is 0. The molecule has 2 aromatic carbocycles. The Morgan fingerprint density at radius 2 is 1.77 bits per heavy atom. The van der Waals surface area contributed by atoms with Gasteiger partial charge in [0.25, 0.3) is 5.91 Å². The maximum atomic E-state index is 12.5. The fraction of sp³-hybridized carbons (Fsp3) is 0.417. The van der Waals surface area contributed by atoms with Crippen molar-refractivity contribution in [3.05, 3.63) is 59.7 Å². The van der Waals surface area contributed by atoms with Crippen molar-refractivity contribution in [2.45, 2.75) is 44.7 Å². The van der Waals surface area contributed by atoms with Crippen molar-refractivity contribution in [3.8, 4) is 0 Å². The average molecular weight is 407 g/mol. The molecule has 0 bridgehead atoms. The van der Waals surface area contributed by atoms with E-state index in [0.29, 0.717) is 31.2 Å². The first kappa shape index (κ1) is 20.3. The number of benzene rings is 2. The normalized spacial score (nSPS) is 17.0. The zero-order valence-corrected chi connectivity index (χ0v) is 17.6. The zero-order valence-electron chi connectivity index (χ0n) is 17.6. The first-order valence-electron chi connectivity index (χ1n) is 10.9. The molecule has 1 saturated heterocycles. The predicted octanol–water partition coefficient (Wildman–Crippen LogP) is 3.92. The largest absolute Gasteiger partial charge is 0.372 e. The van der Waals surface area contributed by atoms with Gasteiger partial charge in [0.1, 0.15) is 0 Å². The molecule has 2 fully saturated rings. The number of carbonyl (C=O) groups excluding carboxylic acids is 2. The Morgan fingerprint density at radius 3 is 2.40 bits per heavy atom. The van der Waals surface area contributed by atoms with Crippen molar-refractivity contribution in [2.75, 3.05) is 29.9 Å². The minimum Gasteiger partial charge on any atom is -0.372 e. The molecule has 0 atom stereocenters. The molecule has 30 heavy (non-hydrogen) atoms. The lowest BCUT2D eigenvalue weighted by Crippen LogP contribution is -2.33. The molecule has 1 aliphatic carbocycles. The number of rotatable bonds is 6. The second kappa shape index (κ2) is 9.20. The summed E-state index contributed by atoms with van der Waals surface area (Å²) < 4.78 is 0. The van der Waals surface area contributed by atoms with Gasteiger partial charge in [0.05, 0.1) is 0 Å². The van der Waals surface area contributed by atoms with Crippen LogP contribution in [0.4, 0.5) is 16.2 Å². The summed E-state index contributed by atoms with van der Waals surface area (Å²) in [5, 5.41) is 5.76. The van der Waals surface area contributed by atoms with Crippen LogP contribution < -0.4 is 20.4 Å². The average Bonchev–Trinajstić information content (AvgIpc) is 3.24. The fourth-order valence-corrected chi connectivity index (χ4v) is 4.32. The maximum Gasteiger partial charge on any atom is 0.321 e. The van der Waals surface area contributed by atoms with Gasteiger partial charge in [0.15, 0.2) is 0 Å². The minimum atomic E-state index is -0.115. The van der Waals surface area contributed by atoms with E-state index >= 15 is 0 Å². The van der Waals surface area contributed by atoms with E-state index in [9.17, 15) is 9.59 Å². The van der Waals surface area contributed by atoms with E-state index in [2.05, 4.69) is 46.8 Å². The van der Waals surface area contributed by atoms with E-state index < -0.39 is 0 Å². The topological polar surface area (TPSA) is 64.7 Å². The van der Waals surface area contributed by atoms with Gasteiger partial charge in [-0.2, -0.15) is 0 Å². The number of urea groups is 1. The third-order valence-corrected chi connectivity index (χ3v) is 6.22. The van der Waals surface area contributed by atoms with Gasteiger partial charge in [-0.3, -0.25) is 9.69 Å². The van der Waals surface area contributed by atoms with Crippen molar-refractivity contribution in [3.63, 3.8) is 0 Å². The number of hydrogen-bond acceptors (Lipinski definition) is 3. The van der Waals surface area contributed by atoms with Gasteiger partial charge < -0.3 is 15.5 Å². The molecule has 6 nitrogen and oxygen atoms in total. The van der Waals surface area contributed by atoms with Crippen LogP contribution in [0.2, 0.25) is 0 Å². The number of nitrogens with zero attached hydrogens (tertiary/aromatic N) is 2. The number of amides is 3. The molecule has 0 aromatic heterocycles. The van der Waals surface area contributed by atoms with E-state index in [1.807, 2.05) is 12.1 Å². The summed E-state index contributed by atoms with van der Waals surface area (Å²) in [6.07, 6.45) is 6.56. The van der Waals surface area contributed by atoms with Gasteiger partial charge in [0.2, 0.25) is 0 Å². The van der Waals surface area contributed by atoms with Gasteiger partial charge in [0, 0.05) is 49.7 Å². The van der Waals surface area contributed by atoms with E-state index in [1.165, 1.54) is 37.8 Å². The fourth-order valence-electron chi connectivity index (χ4n) is 4.32. The second-order valence-electron chi connectivity index (χ2n) is 8.18. The Bertz CT molecular complexity index is 873. The quantitative estimate of drug-likeness (QED) is 0.764. The summed E-state index contributed by atoms with van der Waals surface area (Å²) in [6, 6.07) is 16.2. The number of anilines is 2. The second-order valence-corrected chi connectivity index (χ2v) is 8.18. The van der Waals surface area contributed by atoms with Crippen molar-refractivity contribution >= 4 is 23.3 Å². The Labute approximate surface area is 178 Å². The highest BCUT2D eigenvalue weighted by Gasteiger charge is 2.21. The van der Waals surface area contributed by atoms with Gasteiger partial charge >= 0.3 is 6.03 Å². The van der Waals surface area contributed by atoms with Crippen LogP contribution in [-0.4, -0.2) is 38.1 Å². The summed E-state index contributed by atoms with van der Waals surface area (Å²) in [5.74, 6) is -0.115. The van der Waals surface area contributed by atoms with Gasteiger partial charge in [-0.15, -0.1) is 0 Å². The van der Waals surface area contributed by atoms with Crippen LogP contribution in [0.25, 0.3) is 0 Å². The number of nitrogens with one attached hydrogen (secondary N) is 2. The molecule has 0 radical (unpaired) electrons. The monoisotopic (exact) mass is 406 g/mol. The van der Waals surface area contributed by atoms with Crippen LogP contribution in [0.3, 0.4) is 0 Å². The third kappa shape index (κ3) is 4.58. The molecule has 1 saturated carbocycles. The molecule has 6 heteroatoms. The highest BCUT2D eigenvalue weighted by Crippen LogP contribution is 2.26. The number of carbonyl (C=O) groups is 2. The van der Waals surface area contributed by atoms with Crippen LogP contribution in [0, 0.1) is 0 Å². The summed E-state index contributed by atoms with van der Waals surface area (Å²) in [7, 11) is 2.18. The predicted molar refractivity (Wildman–Crippen MR) is 120 cm³/mol.